The van der Waals surface area contributed by atoms with E-state index in [1.807, 2.05) is 48.7 Å². The van der Waals surface area contributed by atoms with Gasteiger partial charge in [-0.25, -0.2) is 0 Å². The van der Waals surface area contributed by atoms with Crippen LogP contribution in [-0.4, -0.2) is 12.1 Å². The van der Waals surface area contributed by atoms with Crippen molar-refractivity contribution < 1.29 is 4.74 Å². The number of hydrogen-bond donors (Lipinski definition) is 1. The first-order valence-electron chi connectivity index (χ1n) is 6.57. The lowest BCUT2D eigenvalue weighted by atomic mass is 10.1. The fourth-order valence-corrected chi connectivity index (χ4v) is 2.21. The van der Waals surface area contributed by atoms with Crippen LogP contribution in [0.15, 0.2) is 60.8 Å². The minimum absolute atomic E-state index is 0.764. The molecule has 0 radical (unpaired) electrons. The minimum Gasteiger partial charge on any atom is -0.497 e. The third-order valence-electron chi connectivity index (χ3n) is 3.24. The van der Waals surface area contributed by atoms with Crippen molar-refractivity contribution in [1.82, 2.24) is 4.98 Å². The lowest BCUT2D eigenvalue weighted by Crippen LogP contribution is -2.01. The Morgan fingerprint density at radius 2 is 1.90 bits per heavy atom. The molecule has 3 aromatic rings. The molecule has 2 aromatic carbocycles. The summed E-state index contributed by atoms with van der Waals surface area (Å²) in [5, 5.41) is 4.51. The van der Waals surface area contributed by atoms with Crippen molar-refractivity contribution in [1.29, 1.82) is 0 Å². The van der Waals surface area contributed by atoms with Crippen LogP contribution in [0.5, 0.6) is 5.75 Å². The maximum absolute atomic E-state index is 5.35. The van der Waals surface area contributed by atoms with E-state index in [1.165, 1.54) is 5.56 Å². The molecule has 0 aliphatic heterocycles. The average Bonchev–Trinajstić information content (AvgIpc) is 2.53. The molecule has 0 bridgehead atoms. The molecule has 1 heterocycles. The number of fused-ring (bicyclic) bond motifs is 1. The second-order valence-corrected chi connectivity index (χ2v) is 4.59. The first-order valence-corrected chi connectivity index (χ1v) is 6.57. The molecular formula is C17H16N2O. The maximum atomic E-state index is 5.35. The van der Waals surface area contributed by atoms with E-state index in [1.54, 1.807) is 7.11 Å². The number of benzene rings is 2. The molecular weight excluding hydrogens is 248 g/mol. The number of nitrogens with one attached hydrogen (secondary N) is 1. The summed E-state index contributed by atoms with van der Waals surface area (Å²) in [5.41, 5.74) is 3.19. The van der Waals surface area contributed by atoms with Crippen LogP contribution in [0.2, 0.25) is 0 Å². The van der Waals surface area contributed by atoms with Gasteiger partial charge >= 0.3 is 0 Å². The zero-order valence-corrected chi connectivity index (χ0v) is 11.3. The Bertz CT molecular complexity index is 711. The SMILES string of the molecule is COc1cc(NCc2ccccc2)c2ncccc2c1. The van der Waals surface area contributed by atoms with E-state index in [0.717, 1.165) is 28.9 Å². The number of nitrogens with zero attached hydrogens (tertiary/aromatic N) is 1. The van der Waals surface area contributed by atoms with Gasteiger partial charge in [0.15, 0.2) is 0 Å². The molecule has 0 saturated heterocycles. The van der Waals surface area contributed by atoms with E-state index in [-0.39, 0.29) is 0 Å². The zero-order valence-electron chi connectivity index (χ0n) is 11.3. The molecule has 0 fully saturated rings. The Hall–Kier alpha value is -2.55. The molecule has 3 nitrogen and oxygen atoms in total. The van der Waals surface area contributed by atoms with Crippen molar-refractivity contribution >= 4 is 16.6 Å². The maximum Gasteiger partial charge on any atom is 0.121 e. The first-order chi connectivity index (χ1) is 9.86. The Morgan fingerprint density at radius 1 is 1.05 bits per heavy atom. The number of hydrogen-bond acceptors (Lipinski definition) is 3. The Morgan fingerprint density at radius 3 is 2.70 bits per heavy atom. The third-order valence-corrected chi connectivity index (χ3v) is 3.24. The molecule has 0 amide bonds. The fraction of sp³-hybridized carbons (Fsp3) is 0.118. The quantitative estimate of drug-likeness (QED) is 0.777. The van der Waals surface area contributed by atoms with Crippen LogP contribution in [0.3, 0.4) is 0 Å². The minimum atomic E-state index is 0.764. The molecule has 0 unspecified atom stereocenters. The normalized spacial score (nSPS) is 10.4. The van der Waals surface area contributed by atoms with Gasteiger partial charge < -0.3 is 10.1 Å². The van der Waals surface area contributed by atoms with E-state index in [4.69, 9.17) is 4.74 Å². The number of pyridine rings is 1. The molecule has 100 valence electrons. The van der Waals surface area contributed by atoms with Crippen LogP contribution in [-0.2, 0) is 6.54 Å². The second kappa shape index (κ2) is 5.61. The summed E-state index contributed by atoms with van der Waals surface area (Å²) >= 11 is 0. The molecule has 0 saturated carbocycles. The highest BCUT2D eigenvalue weighted by Crippen LogP contribution is 2.27. The number of ether oxygens (including phenoxy) is 1. The highest BCUT2D eigenvalue weighted by molar-refractivity contribution is 5.91. The molecule has 0 atom stereocenters. The van der Waals surface area contributed by atoms with Gasteiger partial charge in [0.25, 0.3) is 0 Å². The van der Waals surface area contributed by atoms with Crippen molar-refractivity contribution in [3.63, 3.8) is 0 Å². The Balaban J connectivity index is 1.93. The highest BCUT2D eigenvalue weighted by atomic mass is 16.5. The lowest BCUT2D eigenvalue weighted by Gasteiger charge is -2.11. The first kappa shape index (κ1) is 12.5. The van der Waals surface area contributed by atoms with Gasteiger partial charge in [-0.3, -0.25) is 4.98 Å². The number of rotatable bonds is 4. The van der Waals surface area contributed by atoms with Gasteiger partial charge in [0, 0.05) is 24.2 Å². The number of aromatic nitrogens is 1. The highest BCUT2D eigenvalue weighted by Gasteiger charge is 2.05. The smallest absolute Gasteiger partial charge is 0.121 e. The van der Waals surface area contributed by atoms with Gasteiger partial charge in [-0.15, -0.1) is 0 Å². The Kier molecular flexibility index (Phi) is 3.50. The molecule has 0 aliphatic rings. The molecule has 3 rings (SSSR count). The van der Waals surface area contributed by atoms with Crippen molar-refractivity contribution in [2.24, 2.45) is 0 Å². The summed E-state index contributed by atoms with van der Waals surface area (Å²) in [6, 6.07) is 18.3. The van der Waals surface area contributed by atoms with Crippen molar-refractivity contribution in [2.75, 3.05) is 12.4 Å². The van der Waals surface area contributed by atoms with Crippen molar-refractivity contribution in [3.8, 4) is 5.75 Å². The zero-order chi connectivity index (χ0) is 13.8. The number of anilines is 1. The fourth-order valence-electron chi connectivity index (χ4n) is 2.21. The molecule has 0 spiro atoms. The van der Waals surface area contributed by atoms with E-state index in [2.05, 4.69) is 22.4 Å². The van der Waals surface area contributed by atoms with Crippen molar-refractivity contribution in [3.05, 3.63) is 66.4 Å². The van der Waals surface area contributed by atoms with Crippen molar-refractivity contribution in [2.45, 2.75) is 6.54 Å². The van der Waals surface area contributed by atoms with Gasteiger partial charge in [0.05, 0.1) is 18.3 Å². The standard InChI is InChI=1S/C17H16N2O/c1-20-15-10-14-8-5-9-18-17(14)16(11-15)19-12-13-6-3-2-4-7-13/h2-11,19H,12H2,1H3. The van der Waals surface area contributed by atoms with Gasteiger partial charge in [-0.1, -0.05) is 36.4 Å². The van der Waals surface area contributed by atoms with Gasteiger partial charge in [0.1, 0.15) is 5.75 Å². The average molecular weight is 264 g/mol. The summed E-state index contributed by atoms with van der Waals surface area (Å²) in [6.07, 6.45) is 1.81. The Labute approximate surface area is 118 Å². The van der Waals surface area contributed by atoms with Gasteiger partial charge in [0.2, 0.25) is 0 Å². The largest absolute Gasteiger partial charge is 0.497 e. The molecule has 3 heteroatoms. The third kappa shape index (κ3) is 2.57. The van der Waals surface area contributed by atoms with E-state index in [9.17, 15) is 0 Å². The van der Waals surface area contributed by atoms with Gasteiger partial charge in [-0.2, -0.15) is 0 Å². The van der Waals surface area contributed by atoms with Gasteiger partial charge in [-0.05, 0) is 17.7 Å². The topological polar surface area (TPSA) is 34.1 Å². The second-order valence-electron chi connectivity index (χ2n) is 4.59. The monoisotopic (exact) mass is 264 g/mol. The predicted octanol–water partition coefficient (Wildman–Crippen LogP) is 3.86. The summed E-state index contributed by atoms with van der Waals surface area (Å²) < 4.78 is 5.35. The van der Waals surface area contributed by atoms with Crippen LogP contribution in [0, 0.1) is 0 Å². The lowest BCUT2D eigenvalue weighted by molar-refractivity contribution is 0.415. The molecule has 20 heavy (non-hydrogen) atoms. The molecule has 0 aliphatic carbocycles. The summed E-state index contributed by atoms with van der Waals surface area (Å²) in [4.78, 5) is 4.45. The van der Waals surface area contributed by atoms with Crippen LogP contribution in [0.1, 0.15) is 5.56 Å². The van der Waals surface area contributed by atoms with Crippen LogP contribution in [0.4, 0.5) is 5.69 Å². The summed E-state index contributed by atoms with van der Waals surface area (Å²) in [5.74, 6) is 0.834. The molecule has 1 N–H and O–H groups in total. The van der Waals surface area contributed by atoms with E-state index >= 15 is 0 Å². The summed E-state index contributed by atoms with van der Waals surface area (Å²) in [7, 11) is 1.68. The van der Waals surface area contributed by atoms with E-state index in [0.29, 0.717) is 0 Å². The van der Waals surface area contributed by atoms with E-state index < -0.39 is 0 Å². The van der Waals surface area contributed by atoms with Crippen LogP contribution >= 0.6 is 0 Å². The number of methoxy groups -OCH3 is 1. The predicted molar refractivity (Wildman–Crippen MR) is 82.1 cm³/mol. The summed E-state index contributed by atoms with van der Waals surface area (Å²) in [6.45, 7) is 0.764. The van der Waals surface area contributed by atoms with Crippen LogP contribution < -0.4 is 10.1 Å². The molecule has 1 aromatic heterocycles. The van der Waals surface area contributed by atoms with Crippen LogP contribution in [0.25, 0.3) is 10.9 Å².